The van der Waals surface area contributed by atoms with Crippen LogP contribution in [0.3, 0.4) is 0 Å². The van der Waals surface area contributed by atoms with Crippen molar-refractivity contribution in [3.05, 3.63) is 48.5 Å². The molecule has 150 valence electrons. The standard InChI is InChI=1S/C21H21N3O4S/c1-22-21(26)24-18(25)12-29-19-11-15(13-7-5-4-6-8-13)20-16(23-19)9-14(27-2)10-17(20)28-3/h4-11H,12H2,1-3H3,(H2,22,24,25,26). The zero-order valence-corrected chi connectivity index (χ0v) is 17.1. The van der Waals surface area contributed by atoms with Gasteiger partial charge >= 0.3 is 6.03 Å². The number of rotatable bonds is 6. The highest BCUT2D eigenvalue weighted by atomic mass is 32.2. The predicted octanol–water partition coefficient (Wildman–Crippen LogP) is 3.47. The lowest BCUT2D eigenvalue weighted by molar-refractivity contribution is -0.117. The predicted molar refractivity (Wildman–Crippen MR) is 114 cm³/mol. The molecule has 29 heavy (non-hydrogen) atoms. The summed E-state index contributed by atoms with van der Waals surface area (Å²) >= 11 is 1.25. The van der Waals surface area contributed by atoms with Gasteiger partial charge in [-0.15, -0.1) is 0 Å². The molecule has 0 saturated carbocycles. The van der Waals surface area contributed by atoms with Crippen LogP contribution in [-0.4, -0.2) is 43.9 Å². The van der Waals surface area contributed by atoms with Crippen molar-refractivity contribution in [3.8, 4) is 22.6 Å². The number of pyridine rings is 1. The minimum atomic E-state index is -0.540. The molecule has 8 heteroatoms. The molecule has 3 aromatic rings. The molecule has 0 unspecified atom stereocenters. The minimum absolute atomic E-state index is 0.0568. The Bertz CT molecular complexity index is 1040. The number of urea groups is 1. The summed E-state index contributed by atoms with van der Waals surface area (Å²) in [4.78, 5) is 27.9. The fourth-order valence-electron chi connectivity index (χ4n) is 2.84. The molecular formula is C21H21N3O4S. The number of nitrogens with one attached hydrogen (secondary N) is 2. The summed E-state index contributed by atoms with van der Waals surface area (Å²) in [7, 11) is 4.64. The van der Waals surface area contributed by atoms with Crippen LogP contribution in [-0.2, 0) is 4.79 Å². The van der Waals surface area contributed by atoms with E-state index in [1.54, 1.807) is 14.2 Å². The molecule has 0 saturated heterocycles. The molecule has 0 atom stereocenters. The van der Waals surface area contributed by atoms with Gasteiger partial charge in [0.25, 0.3) is 0 Å². The van der Waals surface area contributed by atoms with E-state index >= 15 is 0 Å². The second-order valence-electron chi connectivity index (χ2n) is 6.01. The van der Waals surface area contributed by atoms with Crippen molar-refractivity contribution in [3.63, 3.8) is 0 Å². The average molecular weight is 411 g/mol. The van der Waals surface area contributed by atoms with E-state index in [9.17, 15) is 9.59 Å². The van der Waals surface area contributed by atoms with Gasteiger partial charge in [0.05, 0.1) is 35.9 Å². The Morgan fingerprint density at radius 2 is 1.83 bits per heavy atom. The number of amides is 3. The molecule has 0 bridgehead atoms. The number of benzene rings is 2. The van der Waals surface area contributed by atoms with Crippen LogP contribution in [0.4, 0.5) is 4.79 Å². The molecule has 2 aromatic carbocycles. The van der Waals surface area contributed by atoms with Crippen molar-refractivity contribution >= 4 is 34.6 Å². The number of fused-ring (bicyclic) bond motifs is 1. The van der Waals surface area contributed by atoms with E-state index in [2.05, 4.69) is 15.6 Å². The summed E-state index contributed by atoms with van der Waals surface area (Å²) in [6.45, 7) is 0. The lowest BCUT2D eigenvalue weighted by atomic mass is 10.0. The van der Waals surface area contributed by atoms with Crippen molar-refractivity contribution in [2.24, 2.45) is 0 Å². The van der Waals surface area contributed by atoms with Gasteiger partial charge < -0.3 is 14.8 Å². The summed E-state index contributed by atoms with van der Waals surface area (Å²) < 4.78 is 11.0. The fourth-order valence-corrected chi connectivity index (χ4v) is 3.56. The van der Waals surface area contributed by atoms with E-state index < -0.39 is 11.9 Å². The molecule has 3 amide bonds. The number of ether oxygens (including phenoxy) is 2. The Hall–Kier alpha value is -3.26. The monoisotopic (exact) mass is 411 g/mol. The smallest absolute Gasteiger partial charge is 0.321 e. The third kappa shape index (κ3) is 4.78. The first kappa shape index (κ1) is 20.5. The Balaban J connectivity index is 2.05. The maximum atomic E-state index is 11.9. The summed E-state index contributed by atoms with van der Waals surface area (Å²) in [5.74, 6) is 0.932. The number of imide groups is 1. The van der Waals surface area contributed by atoms with Gasteiger partial charge in [-0.25, -0.2) is 9.78 Å². The van der Waals surface area contributed by atoms with Crippen molar-refractivity contribution < 1.29 is 19.1 Å². The molecule has 0 radical (unpaired) electrons. The molecule has 0 spiro atoms. The van der Waals surface area contributed by atoms with Crippen LogP contribution in [0.25, 0.3) is 22.0 Å². The number of hydrogen-bond acceptors (Lipinski definition) is 6. The molecule has 0 aliphatic heterocycles. The van der Waals surface area contributed by atoms with Gasteiger partial charge in [-0.1, -0.05) is 42.1 Å². The Morgan fingerprint density at radius 1 is 1.07 bits per heavy atom. The Morgan fingerprint density at radius 3 is 2.48 bits per heavy atom. The van der Waals surface area contributed by atoms with Gasteiger partial charge in [0, 0.05) is 19.2 Å². The van der Waals surface area contributed by atoms with Crippen LogP contribution in [0, 0.1) is 0 Å². The highest BCUT2D eigenvalue weighted by Crippen LogP contribution is 2.39. The van der Waals surface area contributed by atoms with E-state index in [0.29, 0.717) is 22.0 Å². The van der Waals surface area contributed by atoms with Gasteiger partial charge in [0.15, 0.2) is 0 Å². The molecule has 0 aliphatic rings. The maximum Gasteiger partial charge on any atom is 0.321 e. The molecular weight excluding hydrogens is 390 g/mol. The number of methoxy groups -OCH3 is 2. The number of carbonyl (C=O) groups excluding carboxylic acids is 2. The first-order valence-corrected chi connectivity index (χ1v) is 9.80. The van der Waals surface area contributed by atoms with Crippen molar-refractivity contribution in [1.82, 2.24) is 15.6 Å². The molecule has 1 heterocycles. The van der Waals surface area contributed by atoms with Crippen molar-refractivity contribution in [2.45, 2.75) is 5.03 Å². The number of hydrogen-bond donors (Lipinski definition) is 2. The summed E-state index contributed by atoms with van der Waals surface area (Å²) in [6, 6.07) is 14.9. The zero-order chi connectivity index (χ0) is 20.8. The van der Waals surface area contributed by atoms with Crippen LogP contribution in [0.5, 0.6) is 11.5 Å². The maximum absolute atomic E-state index is 11.9. The van der Waals surface area contributed by atoms with E-state index in [-0.39, 0.29) is 5.75 Å². The van der Waals surface area contributed by atoms with Gasteiger partial charge in [-0.2, -0.15) is 0 Å². The molecule has 7 nitrogen and oxygen atoms in total. The van der Waals surface area contributed by atoms with Crippen LogP contribution < -0.4 is 20.1 Å². The zero-order valence-electron chi connectivity index (χ0n) is 16.3. The highest BCUT2D eigenvalue weighted by molar-refractivity contribution is 7.99. The first-order valence-electron chi connectivity index (χ1n) is 8.82. The van der Waals surface area contributed by atoms with Crippen LogP contribution in [0.2, 0.25) is 0 Å². The lowest BCUT2D eigenvalue weighted by Gasteiger charge is -2.14. The summed E-state index contributed by atoms with van der Waals surface area (Å²) in [6.07, 6.45) is 0. The molecule has 2 N–H and O–H groups in total. The fraction of sp³-hybridized carbons (Fsp3) is 0.190. The molecule has 1 aromatic heterocycles. The lowest BCUT2D eigenvalue weighted by Crippen LogP contribution is -2.38. The topological polar surface area (TPSA) is 89.6 Å². The first-order chi connectivity index (χ1) is 14.0. The normalized spacial score (nSPS) is 10.4. The summed E-state index contributed by atoms with van der Waals surface area (Å²) in [5.41, 5.74) is 2.63. The molecule has 3 rings (SSSR count). The highest BCUT2D eigenvalue weighted by Gasteiger charge is 2.16. The largest absolute Gasteiger partial charge is 0.497 e. The third-order valence-electron chi connectivity index (χ3n) is 4.19. The van der Waals surface area contributed by atoms with E-state index in [4.69, 9.17) is 9.47 Å². The quantitative estimate of drug-likeness (QED) is 0.604. The second kappa shape index (κ2) is 9.29. The Labute approximate surface area is 172 Å². The van der Waals surface area contributed by atoms with Gasteiger partial charge in [0.2, 0.25) is 5.91 Å². The second-order valence-corrected chi connectivity index (χ2v) is 7.01. The van der Waals surface area contributed by atoms with E-state index in [1.807, 2.05) is 48.5 Å². The van der Waals surface area contributed by atoms with Gasteiger partial charge in [-0.3, -0.25) is 10.1 Å². The average Bonchev–Trinajstić information content (AvgIpc) is 2.76. The third-order valence-corrected chi connectivity index (χ3v) is 5.11. The molecule has 0 fully saturated rings. The van der Waals surface area contributed by atoms with Crippen LogP contribution in [0.15, 0.2) is 53.6 Å². The minimum Gasteiger partial charge on any atom is -0.497 e. The summed E-state index contributed by atoms with van der Waals surface area (Å²) in [5, 5.41) is 6.10. The Kier molecular flexibility index (Phi) is 6.56. The van der Waals surface area contributed by atoms with E-state index in [1.165, 1.54) is 18.8 Å². The van der Waals surface area contributed by atoms with Crippen molar-refractivity contribution in [2.75, 3.05) is 27.0 Å². The molecule has 0 aliphatic carbocycles. The van der Waals surface area contributed by atoms with Gasteiger partial charge in [-0.05, 0) is 17.2 Å². The number of thioether (sulfide) groups is 1. The number of nitrogens with zero attached hydrogens (tertiary/aromatic N) is 1. The number of aromatic nitrogens is 1. The van der Waals surface area contributed by atoms with E-state index in [0.717, 1.165) is 16.5 Å². The number of carbonyl (C=O) groups is 2. The van der Waals surface area contributed by atoms with Crippen LogP contribution in [0.1, 0.15) is 0 Å². The SMILES string of the molecule is CNC(=O)NC(=O)CSc1cc(-c2ccccc2)c2c(OC)cc(OC)cc2n1. The van der Waals surface area contributed by atoms with Gasteiger partial charge in [0.1, 0.15) is 11.5 Å². The van der Waals surface area contributed by atoms with Crippen LogP contribution >= 0.6 is 11.8 Å². The van der Waals surface area contributed by atoms with Crippen molar-refractivity contribution in [1.29, 1.82) is 0 Å².